The minimum absolute atomic E-state index is 0.0278. The molecule has 1 amide bonds. The molecule has 0 aliphatic carbocycles. The Morgan fingerprint density at radius 1 is 1.23 bits per heavy atom. The average molecular weight is 348 g/mol. The van der Waals surface area contributed by atoms with Crippen molar-refractivity contribution in [3.63, 3.8) is 0 Å². The van der Waals surface area contributed by atoms with Gasteiger partial charge in [0.1, 0.15) is 23.1 Å². The van der Waals surface area contributed by atoms with Crippen molar-refractivity contribution in [3.8, 4) is 17.6 Å². The van der Waals surface area contributed by atoms with Gasteiger partial charge in [0.2, 0.25) is 0 Å². The molecule has 0 saturated heterocycles. The molecule has 0 radical (unpaired) electrons. The molecule has 132 valence electrons. The van der Waals surface area contributed by atoms with E-state index in [2.05, 4.69) is 5.32 Å². The molecule has 2 aromatic rings. The first-order valence-corrected chi connectivity index (χ1v) is 8.11. The maximum atomic E-state index is 12.1. The van der Waals surface area contributed by atoms with E-state index >= 15 is 0 Å². The highest BCUT2D eigenvalue weighted by molar-refractivity contribution is 5.97. The van der Waals surface area contributed by atoms with Crippen molar-refractivity contribution < 1.29 is 14.6 Å². The number of nitrogens with one attached hydrogen (secondary N) is 1. The lowest BCUT2D eigenvalue weighted by molar-refractivity contribution is -0.117. The van der Waals surface area contributed by atoms with Gasteiger partial charge < -0.3 is 15.2 Å². The normalized spacial score (nSPS) is 11.2. The topological polar surface area (TPSA) is 82.3 Å². The number of ether oxygens (including phenoxy) is 1. The maximum Gasteiger partial charge on any atom is 0.261 e. The van der Waals surface area contributed by atoms with Crippen LogP contribution in [0.2, 0.25) is 0 Å². The number of nitriles is 1. The van der Waals surface area contributed by atoms with Gasteiger partial charge >= 0.3 is 0 Å². The third kappa shape index (κ3) is 5.53. The number of para-hydroxylation sites is 1. The Kier molecular flexibility index (Phi) is 7.02. The van der Waals surface area contributed by atoms with Crippen molar-refractivity contribution in [1.82, 2.24) is 5.32 Å². The van der Waals surface area contributed by atoms with E-state index in [-0.39, 0.29) is 11.3 Å². The Labute approximate surface area is 152 Å². The Balaban J connectivity index is 1.91. The van der Waals surface area contributed by atoms with Crippen LogP contribution in [0.25, 0.3) is 6.08 Å². The minimum Gasteiger partial charge on any atom is -0.508 e. The smallest absolute Gasteiger partial charge is 0.261 e. The second kappa shape index (κ2) is 9.70. The van der Waals surface area contributed by atoms with Crippen LogP contribution >= 0.6 is 0 Å². The molecule has 0 aliphatic heterocycles. The number of nitrogens with zero attached hydrogens (tertiary/aromatic N) is 1. The van der Waals surface area contributed by atoms with Gasteiger partial charge in [-0.25, -0.2) is 0 Å². The predicted octanol–water partition coefficient (Wildman–Crippen LogP) is 3.22. The van der Waals surface area contributed by atoms with Crippen LogP contribution in [0.5, 0.6) is 11.5 Å². The summed E-state index contributed by atoms with van der Waals surface area (Å²) in [7, 11) is 1.61. The van der Waals surface area contributed by atoms with Gasteiger partial charge in [-0.2, -0.15) is 5.26 Å². The summed E-state index contributed by atoms with van der Waals surface area (Å²) in [5.41, 5.74) is 1.87. The Morgan fingerprint density at radius 2 is 1.96 bits per heavy atom. The van der Waals surface area contributed by atoms with Gasteiger partial charge in [-0.15, -0.1) is 0 Å². The van der Waals surface area contributed by atoms with E-state index in [0.29, 0.717) is 13.0 Å². The highest BCUT2D eigenvalue weighted by Gasteiger charge is 2.08. The average Bonchev–Trinajstić information content (AvgIpc) is 2.67. The molecule has 2 aromatic carbocycles. The maximum absolute atomic E-state index is 12.1. The second-order valence-corrected chi connectivity index (χ2v) is 5.46. The summed E-state index contributed by atoms with van der Waals surface area (Å²) in [6.07, 6.45) is 5.45. The van der Waals surface area contributed by atoms with E-state index in [9.17, 15) is 9.90 Å². The van der Waals surface area contributed by atoms with E-state index in [1.54, 1.807) is 43.5 Å². The number of carbonyl (C=O) groups excluding carboxylic acids is 1. The van der Waals surface area contributed by atoms with E-state index in [1.807, 2.05) is 30.3 Å². The number of methoxy groups -OCH3 is 1. The fourth-order valence-electron chi connectivity index (χ4n) is 2.32. The molecule has 0 spiro atoms. The second-order valence-electron chi connectivity index (χ2n) is 5.46. The molecule has 0 heterocycles. The van der Waals surface area contributed by atoms with Gasteiger partial charge in [0, 0.05) is 6.54 Å². The zero-order valence-electron chi connectivity index (χ0n) is 14.5. The third-order valence-corrected chi connectivity index (χ3v) is 3.68. The Hall–Kier alpha value is -3.52. The number of allylic oxidation sites excluding steroid dienone is 2. The van der Waals surface area contributed by atoms with Gasteiger partial charge in [-0.1, -0.05) is 42.5 Å². The van der Waals surface area contributed by atoms with Crippen molar-refractivity contribution in [2.75, 3.05) is 13.7 Å². The SMILES string of the molecule is COc1ccccc1CCNC(=O)/C(C#N)=C/C=C/c1ccc(O)cc1. The zero-order chi connectivity index (χ0) is 18.8. The van der Waals surface area contributed by atoms with Crippen molar-refractivity contribution in [1.29, 1.82) is 5.26 Å². The highest BCUT2D eigenvalue weighted by atomic mass is 16.5. The van der Waals surface area contributed by atoms with E-state index in [1.165, 1.54) is 6.08 Å². The third-order valence-electron chi connectivity index (χ3n) is 3.68. The van der Waals surface area contributed by atoms with E-state index in [0.717, 1.165) is 16.9 Å². The summed E-state index contributed by atoms with van der Waals surface area (Å²) in [5.74, 6) is 0.539. The number of amides is 1. The fourth-order valence-corrected chi connectivity index (χ4v) is 2.32. The van der Waals surface area contributed by atoms with Gasteiger partial charge in [-0.05, 0) is 41.8 Å². The molecule has 5 nitrogen and oxygen atoms in total. The number of carbonyl (C=O) groups is 1. The summed E-state index contributed by atoms with van der Waals surface area (Å²) < 4.78 is 5.27. The van der Waals surface area contributed by atoms with Crippen LogP contribution in [-0.4, -0.2) is 24.7 Å². The highest BCUT2D eigenvalue weighted by Crippen LogP contribution is 2.17. The van der Waals surface area contributed by atoms with Crippen LogP contribution in [0.3, 0.4) is 0 Å². The molecule has 5 heteroatoms. The molecule has 0 aromatic heterocycles. The fraction of sp³-hybridized carbons (Fsp3) is 0.143. The summed E-state index contributed by atoms with van der Waals surface area (Å²) in [4.78, 5) is 12.1. The van der Waals surface area contributed by atoms with Gasteiger partial charge in [0.25, 0.3) is 5.91 Å². The lowest BCUT2D eigenvalue weighted by atomic mass is 10.1. The van der Waals surface area contributed by atoms with Crippen LogP contribution in [0.15, 0.2) is 66.3 Å². The van der Waals surface area contributed by atoms with Crippen LogP contribution in [0.4, 0.5) is 0 Å². The number of phenolic OH excluding ortho intramolecular Hbond substituents is 1. The molecule has 0 atom stereocenters. The van der Waals surface area contributed by atoms with E-state index in [4.69, 9.17) is 10.00 Å². The Bertz CT molecular complexity index is 846. The van der Waals surface area contributed by atoms with Crippen LogP contribution in [0, 0.1) is 11.3 Å². The lowest BCUT2D eigenvalue weighted by Gasteiger charge is -2.08. The lowest BCUT2D eigenvalue weighted by Crippen LogP contribution is -2.26. The molecule has 0 unspecified atom stereocenters. The summed E-state index contributed by atoms with van der Waals surface area (Å²) >= 11 is 0. The van der Waals surface area contributed by atoms with Gasteiger partial charge in [0.05, 0.1) is 7.11 Å². The number of rotatable bonds is 7. The van der Waals surface area contributed by atoms with Crippen LogP contribution in [-0.2, 0) is 11.2 Å². The number of hydrogen-bond donors (Lipinski definition) is 2. The summed E-state index contributed by atoms with van der Waals surface area (Å²) in [5, 5.41) is 21.1. The molecule has 0 saturated carbocycles. The first kappa shape index (κ1) is 18.8. The molecule has 0 aliphatic rings. The largest absolute Gasteiger partial charge is 0.508 e. The minimum atomic E-state index is -0.419. The summed E-state index contributed by atoms with van der Waals surface area (Å²) in [6, 6.07) is 16.1. The number of benzene rings is 2. The molecule has 0 fully saturated rings. The standard InChI is InChI=1S/C21H20N2O3/c1-26-20-8-3-2-6-17(20)13-14-23-21(25)18(15-22)7-4-5-16-9-11-19(24)12-10-16/h2-12,24H,13-14H2,1H3,(H,23,25)/b5-4+,18-7+. The van der Waals surface area contributed by atoms with Crippen molar-refractivity contribution in [2.24, 2.45) is 0 Å². The van der Waals surface area contributed by atoms with E-state index < -0.39 is 5.91 Å². The molecule has 0 bridgehead atoms. The first-order chi connectivity index (χ1) is 12.6. The monoisotopic (exact) mass is 348 g/mol. The quantitative estimate of drug-likeness (QED) is 0.457. The van der Waals surface area contributed by atoms with Crippen molar-refractivity contribution >= 4 is 12.0 Å². The number of hydrogen-bond acceptors (Lipinski definition) is 4. The Morgan fingerprint density at radius 3 is 2.65 bits per heavy atom. The molecule has 2 rings (SSSR count). The summed E-state index contributed by atoms with van der Waals surface area (Å²) in [6.45, 7) is 0.403. The number of phenols is 1. The van der Waals surface area contributed by atoms with Gasteiger partial charge in [-0.3, -0.25) is 4.79 Å². The molecule has 2 N–H and O–H groups in total. The molecule has 26 heavy (non-hydrogen) atoms. The molecular weight excluding hydrogens is 328 g/mol. The van der Waals surface area contributed by atoms with Crippen LogP contribution in [0.1, 0.15) is 11.1 Å². The van der Waals surface area contributed by atoms with Gasteiger partial charge in [0.15, 0.2) is 0 Å². The number of aromatic hydroxyl groups is 1. The van der Waals surface area contributed by atoms with Crippen molar-refractivity contribution in [2.45, 2.75) is 6.42 Å². The first-order valence-electron chi connectivity index (χ1n) is 8.11. The zero-order valence-corrected chi connectivity index (χ0v) is 14.5. The van der Waals surface area contributed by atoms with Crippen molar-refractivity contribution in [3.05, 3.63) is 77.4 Å². The predicted molar refractivity (Wildman–Crippen MR) is 101 cm³/mol. The molecular formula is C21H20N2O3. The van der Waals surface area contributed by atoms with Crippen LogP contribution < -0.4 is 10.1 Å².